The van der Waals surface area contributed by atoms with E-state index in [1.165, 1.54) is 19.2 Å². The Balaban J connectivity index is 2.29. The molecule has 0 bridgehead atoms. The second kappa shape index (κ2) is 6.29. The van der Waals surface area contributed by atoms with Crippen LogP contribution < -0.4 is 4.72 Å². The molecular weight excluding hydrogens is 330 g/mol. The Hall–Kier alpha value is -2.19. The van der Waals surface area contributed by atoms with Crippen LogP contribution in [0.3, 0.4) is 0 Å². The maximum atomic E-state index is 12.3. The van der Waals surface area contributed by atoms with Gasteiger partial charge in [-0.25, -0.2) is 23.2 Å². The molecule has 0 amide bonds. The predicted octanol–water partition coefficient (Wildman–Crippen LogP) is 2.03. The van der Waals surface area contributed by atoms with Crippen molar-refractivity contribution in [2.75, 3.05) is 11.8 Å². The number of aromatic nitrogens is 2. The van der Waals surface area contributed by atoms with E-state index in [1.807, 2.05) is 0 Å². The highest BCUT2D eigenvalue weighted by Crippen LogP contribution is 2.24. The average Bonchev–Trinajstić information content (AvgIpc) is 2.49. The zero-order chi connectivity index (χ0) is 16.3. The van der Waals surface area contributed by atoms with E-state index in [0.29, 0.717) is 10.6 Å². The van der Waals surface area contributed by atoms with Crippen molar-refractivity contribution < 1.29 is 17.9 Å². The molecule has 0 saturated heterocycles. The van der Waals surface area contributed by atoms with E-state index in [4.69, 9.17) is 11.6 Å². The van der Waals surface area contributed by atoms with Crippen LogP contribution in [0.5, 0.6) is 0 Å². The van der Waals surface area contributed by atoms with E-state index in [2.05, 4.69) is 19.4 Å². The Morgan fingerprint density at radius 1 is 1.27 bits per heavy atom. The van der Waals surface area contributed by atoms with Crippen LogP contribution in [0.25, 0.3) is 0 Å². The third-order valence-corrected chi connectivity index (χ3v) is 4.70. The van der Waals surface area contributed by atoms with Gasteiger partial charge in [0.15, 0.2) is 11.5 Å². The number of benzene rings is 1. The molecule has 0 fully saturated rings. The number of carbonyl (C=O) groups is 1. The molecule has 0 saturated carbocycles. The van der Waals surface area contributed by atoms with Gasteiger partial charge in [-0.15, -0.1) is 0 Å². The number of rotatable bonds is 4. The summed E-state index contributed by atoms with van der Waals surface area (Å²) in [7, 11) is -2.65. The van der Waals surface area contributed by atoms with Crippen LogP contribution in [0.4, 0.5) is 5.82 Å². The van der Waals surface area contributed by atoms with E-state index in [1.54, 1.807) is 13.0 Å². The number of nitrogens with one attached hydrogen (secondary N) is 1. The molecule has 0 spiro atoms. The largest absolute Gasteiger partial charge is 0.464 e. The first kappa shape index (κ1) is 16.2. The summed E-state index contributed by atoms with van der Waals surface area (Å²) in [5.74, 6) is -0.681. The Morgan fingerprint density at radius 2 is 2.00 bits per heavy atom. The molecule has 0 aliphatic heterocycles. The quantitative estimate of drug-likeness (QED) is 0.854. The van der Waals surface area contributed by atoms with Crippen molar-refractivity contribution in [3.05, 3.63) is 46.9 Å². The fraction of sp³-hybridized carbons (Fsp3) is 0.154. The number of hydrogen-bond acceptors (Lipinski definition) is 6. The molecule has 22 heavy (non-hydrogen) atoms. The van der Waals surface area contributed by atoms with E-state index in [9.17, 15) is 13.2 Å². The fourth-order valence-corrected chi connectivity index (χ4v) is 3.15. The molecule has 1 aromatic heterocycles. The number of halogens is 1. The highest BCUT2D eigenvalue weighted by atomic mass is 35.5. The average molecular weight is 342 g/mol. The van der Waals surface area contributed by atoms with Gasteiger partial charge in [-0.05, 0) is 24.6 Å². The van der Waals surface area contributed by atoms with E-state index >= 15 is 0 Å². The number of esters is 1. The summed E-state index contributed by atoms with van der Waals surface area (Å²) < 4.78 is 31.4. The van der Waals surface area contributed by atoms with Crippen molar-refractivity contribution in [3.8, 4) is 0 Å². The molecule has 0 aliphatic rings. The lowest BCUT2D eigenvalue weighted by Gasteiger charge is -2.10. The van der Waals surface area contributed by atoms with Gasteiger partial charge < -0.3 is 4.74 Å². The predicted molar refractivity (Wildman–Crippen MR) is 80.4 cm³/mol. The lowest BCUT2D eigenvalue weighted by molar-refractivity contribution is 0.0593. The van der Waals surface area contributed by atoms with E-state index in [0.717, 1.165) is 12.4 Å². The minimum Gasteiger partial charge on any atom is -0.464 e. The van der Waals surface area contributed by atoms with Gasteiger partial charge in [0.1, 0.15) is 0 Å². The monoisotopic (exact) mass is 341 g/mol. The van der Waals surface area contributed by atoms with Gasteiger partial charge in [-0.3, -0.25) is 4.72 Å². The highest BCUT2D eigenvalue weighted by Gasteiger charge is 2.19. The van der Waals surface area contributed by atoms with Gasteiger partial charge >= 0.3 is 5.97 Å². The number of methoxy groups -OCH3 is 1. The molecule has 116 valence electrons. The topological polar surface area (TPSA) is 98.2 Å². The molecule has 7 nitrogen and oxygen atoms in total. The van der Waals surface area contributed by atoms with Gasteiger partial charge in [0.05, 0.1) is 24.4 Å². The van der Waals surface area contributed by atoms with Crippen molar-refractivity contribution in [1.82, 2.24) is 9.97 Å². The fourth-order valence-electron chi connectivity index (χ4n) is 1.66. The first-order valence-corrected chi connectivity index (χ1v) is 7.89. The van der Waals surface area contributed by atoms with Crippen LogP contribution in [0.15, 0.2) is 35.5 Å². The van der Waals surface area contributed by atoms with E-state index < -0.39 is 16.0 Å². The van der Waals surface area contributed by atoms with Gasteiger partial charge in [0.25, 0.3) is 10.0 Å². The zero-order valence-corrected chi connectivity index (χ0v) is 13.3. The molecule has 0 radical (unpaired) electrons. The van der Waals surface area contributed by atoms with Crippen LogP contribution in [0.1, 0.15) is 16.1 Å². The lowest BCUT2D eigenvalue weighted by atomic mass is 10.2. The Morgan fingerprint density at radius 3 is 2.59 bits per heavy atom. The summed E-state index contributed by atoms with van der Waals surface area (Å²) in [6.45, 7) is 1.60. The van der Waals surface area contributed by atoms with Crippen LogP contribution in [0.2, 0.25) is 5.02 Å². The number of nitrogens with zero attached hydrogens (tertiary/aromatic N) is 2. The maximum Gasteiger partial charge on any atom is 0.358 e. The van der Waals surface area contributed by atoms with Crippen molar-refractivity contribution in [2.24, 2.45) is 0 Å². The standard InChI is InChI=1S/C13H12ClN3O4S/c1-8-9(14)4-3-5-11(8)22(19,20)17-12-7-15-10(6-16-12)13(18)21-2/h3-7H,1-2H3,(H,16,17). The van der Waals surface area contributed by atoms with Crippen LogP contribution in [-0.2, 0) is 14.8 Å². The molecule has 2 rings (SSSR count). The molecule has 0 aliphatic carbocycles. The van der Waals surface area contributed by atoms with Gasteiger partial charge in [0, 0.05) is 5.02 Å². The third-order valence-electron chi connectivity index (χ3n) is 2.79. The summed E-state index contributed by atoms with van der Waals surface area (Å²) in [5, 5.41) is 0.343. The SMILES string of the molecule is COC(=O)c1cnc(NS(=O)(=O)c2cccc(Cl)c2C)cn1. The van der Waals surface area contributed by atoms with Gasteiger partial charge in [-0.1, -0.05) is 17.7 Å². The van der Waals surface area contributed by atoms with Crippen molar-refractivity contribution in [3.63, 3.8) is 0 Å². The van der Waals surface area contributed by atoms with Gasteiger partial charge in [0.2, 0.25) is 0 Å². The molecule has 0 unspecified atom stereocenters. The molecule has 1 N–H and O–H groups in total. The minimum absolute atomic E-state index is 0.0213. The summed E-state index contributed by atoms with van der Waals surface area (Å²) in [6, 6.07) is 4.57. The van der Waals surface area contributed by atoms with E-state index in [-0.39, 0.29) is 16.4 Å². The second-order valence-electron chi connectivity index (χ2n) is 4.25. The summed E-state index contributed by atoms with van der Waals surface area (Å²) >= 11 is 5.92. The lowest BCUT2D eigenvalue weighted by Crippen LogP contribution is -2.16. The van der Waals surface area contributed by atoms with Crippen LogP contribution in [-0.4, -0.2) is 31.5 Å². The van der Waals surface area contributed by atoms with Crippen molar-refractivity contribution >= 4 is 33.4 Å². The number of hydrogen-bond donors (Lipinski definition) is 1. The smallest absolute Gasteiger partial charge is 0.358 e. The van der Waals surface area contributed by atoms with Gasteiger partial charge in [-0.2, -0.15) is 0 Å². The molecule has 9 heteroatoms. The van der Waals surface area contributed by atoms with Crippen molar-refractivity contribution in [2.45, 2.75) is 11.8 Å². The molecule has 1 aromatic carbocycles. The Kier molecular flexibility index (Phi) is 4.62. The Labute approximate surface area is 132 Å². The molecule has 1 heterocycles. The summed E-state index contributed by atoms with van der Waals surface area (Å²) in [5.41, 5.74) is 0.403. The number of ether oxygens (including phenoxy) is 1. The summed E-state index contributed by atoms with van der Waals surface area (Å²) in [6.07, 6.45) is 2.25. The van der Waals surface area contributed by atoms with Crippen molar-refractivity contribution in [1.29, 1.82) is 0 Å². The molecular formula is C13H12ClN3O4S. The normalized spacial score (nSPS) is 11.0. The first-order valence-electron chi connectivity index (χ1n) is 6.03. The Bertz CT molecular complexity index is 807. The number of sulfonamides is 1. The third kappa shape index (κ3) is 3.34. The molecule has 0 atom stereocenters. The maximum absolute atomic E-state index is 12.3. The van der Waals surface area contributed by atoms with Crippen LogP contribution >= 0.6 is 11.6 Å². The number of anilines is 1. The highest BCUT2D eigenvalue weighted by molar-refractivity contribution is 7.92. The minimum atomic E-state index is -3.86. The van der Waals surface area contributed by atoms with Crippen LogP contribution in [0, 0.1) is 6.92 Å². The number of carbonyl (C=O) groups excluding carboxylic acids is 1. The zero-order valence-electron chi connectivity index (χ0n) is 11.7. The molecule has 2 aromatic rings. The summed E-state index contributed by atoms with van der Waals surface area (Å²) in [4.78, 5) is 18.9. The first-order chi connectivity index (χ1) is 10.3. The second-order valence-corrected chi connectivity index (χ2v) is 6.30.